The van der Waals surface area contributed by atoms with Gasteiger partial charge in [-0.05, 0) is 32.0 Å². The van der Waals surface area contributed by atoms with E-state index < -0.39 is 6.23 Å². The molecule has 0 aliphatic carbocycles. The molecule has 0 aliphatic heterocycles. The molecule has 1 unspecified atom stereocenters. The van der Waals surface area contributed by atoms with E-state index in [9.17, 15) is 5.11 Å². The molecule has 3 rings (SSSR count). The maximum atomic E-state index is 10.3. The van der Waals surface area contributed by atoms with Gasteiger partial charge in [-0.2, -0.15) is 5.10 Å². The average Bonchev–Trinajstić information content (AvgIpc) is 2.84. The van der Waals surface area contributed by atoms with E-state index in [1.165, 1.54) is 0 Å². The van der Waals surface area contributed by atoms with Gasteiger partial charge in [-0.25, -0.2) is 9.50 Å². The summed E-state index contributed by atoms with van der Waals surface area (Å²) in [7, 11) is 0. The van der Waals surface area contributed by atoms with Crippen molar-refractivity contribution in [3.8, 4) is 0 Å². The number of nitrogens with zero attached hydrogens (tertiary/aromatic N) is 3. The van der Waals surface area contributed by atoms with Crippen molar-refractivity contribution in [1.29, 1.82) is 0 Å². The molecule has 1 aromatic carbocycles. The van der Waals surface area contributed by atoms with Crippen LogP contribution in [0.25, 0.3) is 5.65 Å². The number of aliphatic hydroxyl groups excluding tert-OH is 1. The van der Waals surface area contributed by atoms with Gasteiger partial charge in [-0.3, -0.25) is 0 Å². The molecular weight excluding hydrogens is 252 g/mol. The molecule has 0 aliphatic rings. The fourth-order valence-corrected chi connectivity index (χ4v) is 2.25. The highest BCUT2D eigenvalue weighted by molar-refractivity contribution is 5.52. The standard InChI is InChI=1S/C15H16N4O/c1-10-8-11(2)19-14(17-10)13(9-16-19)15(20)18-12-6-4-3-5-7-12/h3-9,15,18,20H,1-2H3. The maximum Gasteiger partial charge on any atom is 0.163 e. The van der Waals surface area contributed by atoms with Gasteiger partial charge < -0.3 is 10.4 Å². The Hall–Kier alpha value is -2.40. The monoisotopic (exact) mass is 268 g/mol. The molecule has 0 saturated heterocycles. The fraction of sp³-hybridized carbons (Fsp3) is 0.200. The van der Waals surface area contributed by atoms with Crippen molar-refractivity contribution < 1.29 is 5.11 Å². The minimum absolute atomic E-state index is 0.667. The van der Waals surface area contributed by atoms with Crippen molar-refractivity contribution in [2.24, 2.45) is 0 Å². The van der Waals surface area contributed by atoms with Crippen molar-refractivity contribution in [2.75, 3.05) is 5.32 Å². The molecule has 0 spiro atoms. The van der Waals surface area contributed by atoms with Crippen molar-refractivity contribution >= 4 is 11.3 Å². The quantitative estimate of drug-likeness (QED) is 0.716. The molecule has 0 bridgehead atoms. The summed E-state index contributed by atoms with van der Waals surface area (Å²) in [5.41, 5.74) is 4.09. The first-order valence-corrected chi connectivity index (χ1v) is 6.46. The second-order valence-electron chi connectivity index (χ2n) is 4.79. The summed E-state index contributed by atoms with van der Waals surface area (Å²) < 4.78 is 1.73. The van der Waals surface area contributed by atoms with Crippen LogP contribution in [0, 0.1) is 13.8 Å². The highest BCUT2D eigenvalue weighted by Crippen LogP contribution is 2.21. The summed E-state index contributed by atoms with van der Waals surface area (Å²) in [6, 6.07) is 11.5. The van der Waals surface area contributed by atoms with E-state index in [0.29, 0.717) is 11.2 Å². The third-order valence-electron chi connectivity index (χ3n) is 3.18. The molecule has 20 heavy (non-hydrogen) atoms. The van der Waals surface area contributed by atoms with Crippen LogP contribution in [0.5, 0.6) is 0 Å². The first-order valence-electron chi connectivity index (χ1n) is 6.46. The normalized spacial score (nSPS) is 12.6. The molecule has 5 heteroatoms. The Bertz CT molecular complexity index is 736. The lowest BCUT2D eigenvalue weighted by molar-refractivity contribution is 0.209. The zero-order chi connectivity index (χ0) is 14.1. The number of aliphatic hydroxyl groups is 1. The zero-order valence-electron chi connectivity index (χ0n) is 11.4. The molecule has 102 valence electrons. The van der Waals surface area contributed by atoms with E-state index in [0.717, 1.165) is 17.1 Å². The number of hydrogen-bond acceptors (Lipinski definition) is 4. The van der Waals surface area contributed by atoms with Crippen LogP contribution in [0.1, 0.15) is 23.2 Å². The number of hydrogen-bond donors (Lipinski definition) is 2. The lowest BCUT2D eigenvalue weighted by atomic mass is 10.2. The Morgan fingerprint density at radius 3 is 2.70 bits per heavy atom. The number of aryl methyl sites for hydroxylation is 2. The fourth-order valence-electron chi connectivity index (χ4n) is 2.25. The molecule has 1 atom stereocenters. The van der Waals surface area contributed by atoms with Gasteiger partial charge in [0.05, 0.1) is 11.8 Å². The summed E-state index contributed by atoms with van der Waals surface area (Å²) >= 11 is 0. The molecule has 0 amide bonds. The summed E-state index contributed by atoms with van der Waals surface area (Å²) in [4.78, 5) is 4.46. The van der Waals surface area contributed by atoms with E-state index in [-0.39, 0.29) is 0 Å². The van der Waals surface area contributed by atoms with Gasteiger partial charge in [0, 0.05) is 17.1 Å². The van der Waals surface area contributed by atoms with E-state index in [2.05, 4.69) is 15.4 Å². The van der Waals surface area contributed by atoms with Crippen LogP contribution in [0.3, 0.4) is 0 Å². The summed E-state index contributed by atoms with van der Waals surface area (Å²) in [5.74, 6) is 0. The zero-order valence-corrected chi connectivity index (χ0v) is 11.4. The molecule has 0 fully saturated rings. The predicted octanol–water partition coefficient (Wildman–Crippen LogP) is 2.45. The van der Waals surface area contributed by atoms with Crippen LogP contribution in [0.2, 0.25) is 0 Å². The van der Waals surface area contributed by atoms with Gasteiger partial charge in [0.2, 0.25) is 0 Å². The highest BCUT2D eigenvalue weighted by Gasteiger charge is 2.15. The van der Waals surface area contributed by atoms with Gasteiger partial charge in [0.1, 0.15) is 0 Å². The molecule has 0 radical (unpaired) electrons. The lowest BCUT2D eigenvalue weighted by Crippen LogP contribution is -2.10. The highest BCUT2D eigenvalue weighted by atomic mass is 16.3. The largest absolute Gasteiger partial charge is 0.369 e. The van der Waals surface area contributed by atoms with Crippen LogP contribution in [0.4, 0.5) is 5.69 Å². The maximum absolute atomic E-state index is 10.3. The smallest absolute Gasteiger partial charge is 0.163 e. The Morgan fingerprint density at radius 1 is 1.20 bits per heavy atom. The van der Waals surface area contributed by atoms with Crippen molar-refractivity contribution in [2.45, 2.75) is 20.1 Å². The lowest BCUT2D eigenvalue weighted by Gasteiger charge is -2.13. The van der Waals surface area contributed by atoms with Crippen molar-refractivity contribution in [3.05, 3.63) is 59.5 Å². The number of anilines is 1. The van der Waals surface area contributed by atoms with Gasteiger partial charge in [-0.15, -0.1) is 0 Å². The van der Waals surface area contributed by atoms with Gasteiger partial charge in [-0.1, -0.05) is 18.2 Å². The number of aromatic nitrogens is 3. The van der Waals surface area contributed by atoms with E-state index in [4.69, 9.17) is 0 Å². The molecule has 2 heterocycles. The third-order valence-corrected chi connectivity index (χ3v) is 3.18. The minimum Gasteiger partial charge on any atom is -0.369 e. The Morgan fingerprint density at radius 2 is 1.95 bits per heavy atom. The minimum atomic E-state index is -0.844. The van der Waals surface area contributed by atoms with Crippen LogP contribution < -0.4 is 5.32 Å². The first-order chi connectivity index (χ1) is 9.65. The number of para-hydroxylation sites is 1. The predicted molar refractivity (Wildman–Crippen MR) is 77.5 cm³/mol. The van der Waals surface area contributed by atoms with Crippen LogP contribution >= 0.6 is 0 Å². The van der Waals surface area contributed by atoms with Crippen LogP contribution in [-0.2, 0) is 0 Å². The summed E-state index contributed by atoms with van der Waals surface area (Å²) in [6.07, 6.45) is 0.804. The third kappa shape index (κ3) is 2.23. The number of fused-ring (bicyclic) bond motifs is 1. The van der Waals surface area contributed by atoms with Gasteiger partial charge in [0.15, 0.2) is 11.9 Å². The Labute approximate surface area is 116 Å². The van der Waals surface area contributed by atoms with Gasteiger partial charge >= 0.3 is 0 Å². The van der Waals surface area contributed by atoms with E-state index in [1.807, 2.05) is 50.2 Å². The summed E-state index contributed by atoms with van der Waals surface area (Å²) in [6.45, 7) is 3.90. The SMILES string of the molecule is Cc1cc(C)n2ncc(C(O)Nc3ccccc3)c2n1. The number of nitrogens with one attached hydrogen (secondary N) is 1. The van der Waals surface area contributed by atoms with Crippen LogP contribution in [-0.4, -0.2) is 19.7 Å². The number of benzene rings is 1. The van der Waals surface area contributed by atoms with E-state index >= 15 is 0 Å². The van der Waals surface area contributed by atoms with E-state index in [1.54, 1.807) is 10.7 Å². The molecule has 3 aromatic rings. The summed E-state index contributed by atoms with van der Waals surface area (Å²) in [5, 5.41) is 17.7. The van der Waals surface area contributed by atoms with Gasteiger partial charge in [0.25, 0.3) is 0 Å². The second kappa shape index (κ2) is 4.94. The van der Waals surface area contributed by atoms with Crippen molar-refractivity contribution in [1.82, 2.24) is 14.6 Å². The second-order valence-corrected chi connectivity index (χ2v) is 4.79. The topological polar surface area (TPSA) is 62.5 Å². The molecular formula is C15H16N4O. The first kappa shape index (κ1) is 12.6. The molecule has 2 N–H and O–H groups in total. The Kier molecular flexibility index (Phi) is 3.12. The van der Waals surface area contributed by atoms with Crippen molar-refractivity contribution in [3.63, 3.8) is 0 Å². The molecule has 2 aromatic heterocycles. The average molecular weight is 268 g/mol. The Balaban J connectivity index is 1.98. The number of rotatable bonds is 3. The molecule has 0 saturated carbocycles. The van der Waals surface area contributed by atoms with Crippen LogP contribution in [0.15, 0.2) is 42.6 Å². The molecule has 5 nitrogen and oxygen atoms in total.